The molecule has 266 valence electrons. The molecule has 6 aromatic carbocycles. The summed E-state index contributed by atoms with van der Waals surface area (Å²) in [4.78, 5) is 0. The summed E-state index contributed by atoms with van der Waals surface area (Å²) in [5.74, 6) is 0. The first-order valence-electron chi connectivity index (χ1n) is 18.1. The Morgan fingerprint density at radius 2 is 0.660 bits per heavy atom. The molecule has 3 aliphatic rings. The van der Waals surface area contributed by atoms with E-state index in [4.69, 9.17) is 0 Å². The van der Waals surface area contributed by atoms with Gasteiger partial charge in [0.1, 0.15) is 10.8 Å². The molecule has 2 unspecified atom stereocenters. The molecule has 0 aliphatic heterocycles. The highest BCUT2D eigenvalue weighted by Crippen LogP contribution is 2.59. The molecule has 0 fully saturated rings. The molecular formula is C47H36F6. The SMILES string of the molecule is CCC1(CC)c2cc(-c3ccc4c(c3)C(C)(C(F)(F)F)c3ccccc3-4)ccc2-c2ccc(-c3ccc4c(c3)C(C)(C(F)(F)F)c3ccccc3-4)cc21. The van der Waals surface area contributed by atoms with Crippen molar-refractivity contribution in [1.82, 2.24) is 0 Å². The predicted molar refractivity (Wildman–Crippen MR) is 200 cm³/mol. The summed E-state index contributed by atoms with van der Waals surface area (Å²) in [6, 6.07) is 36.9. The molecule has 0 saturated carbocycles. The number of fused-ring (bicyclic) bond motifs is 9. The fourth-order valence-corrected chi connectivity index (χ4v) is 9.82. The van der Waals surface area contributed by atoms with Gasteiger partial charge in [-0.25, -0.2) is 0 Å². The van der Waals surface area contributed by atoms with E-state index in [-0.39, 0.29) is 22.3 Å². The zero-order chi connectivity index (χ0) is 37.3. The van der Waals surface area contributed by atoms with Crippen LogP contribution in [-0.2, 0) is 16.2 Å². The van der Waals surface area contributed by atoms with E-state index in [1.54, 1.807) is 60.7 Å². The van der Waals surface area contributed by atoms with E-state index in [1.165, 1.54) is 13.8 Å². The van der Waals surface area contributed by atoms with Gasteiger partial charge in [0.2, 0.25) is 0 Å². The Kier molecular flexibility index (Phi) is 6.98. The third kappa shape index (κ3) is 4.26. The fourth-order valence-electron chi connectivity index (χ4n) is 9.82. The van der Waals surface area contributed by atoms with Crippen molar-refractivity contribution in [2.45, 2.75) is 69.1 Å². The zero-order valence-electron chi connectivity index (χ0n) is 29.7. The van der Waals surface area contributed by atoms with Gasteiger partial charge in [0.15, 0.2) is 0 Å². The first-order chi connectivity index (χ1) is 25.2. The summed E-state index contributed by atoms with van der Waals surface area (Å²) >= 11 is 0. The highest BCUT2D eigenvalue weighted by molar-refractivity contribution is 5.89. The van der Waals surface area contributed by atoms with Gasteiger partial charge in [-0.1, -0.05) is 111 Å². The molecule has 0 amide bonds. The van der Waals surface area contributed by atoms with Gasteiger partial charge in [-0.15, -0.1) is 0 Å². The topological polar surface area (TPSA) is 0 Å². The molecule has 6 heteroatoms. The van der Waals surface area contributed by atoms with Crippen molar-refractivity contribution in [2.75, 3.05) is 0 Å². The van der Waals surface area contributed by atoms with E-state index < -0.39 is 28.6 Å². The number of alkyl halides is 6. The van der Waals surface area contributed by atoms with Gasteiger partial charge in [0, 0.05) is 5.41 Å². The summed E-state index contributed by atoms with van der Waals surface area (Å²) in [6.45, 7) is 6.84. The Bertz CT molecular complexity index is 2330. The van der Waals surface area contributed by atoms with E-state index in [0.717, 1.165) is 57.3 Å². The molecule has 0 radical (unpaired) electrons. The Hall–Kier alpha value is -5.10. The Morgan fingerprint density at radius 3 is 0.981 bits per heavy atom. The second-order valence-corrected chi connectivity index (χ2v) is 15.2. The van der Waals surface area contributed by atoms with Crippen molar-refractivity contribution >= 4 is 0 Å². The van der Waals surface area contributed by atoms with Crippen LogP contribution in [0.1, 0.15) is 73.9 Å². The van der Waals surface area contributed by atoms with Crippen molar-refractivity contribution in [3.63, 3.8) is 0 Å². The van der Waals surface area contributed by atoms with Crippen LogP contribution in [0.15, 0.2) is 121 Å². The average Bonchev–Trinajstić information content (AvgIpc) is 3.70. The monoisotopic (exact) mass is 714 g/mol. The summed E-state index contributed by atoms with van der Waals surface area (Å²) in [6.07, 6.45) is -7.43. The Balaban J connectivity index is 1.14. The molecule has 0 bridgehead atoms. The average molecular weight is 715 g/mol. The highest BCUT2D eigenvalue weighted by atomic mass is 19.4. The lowest BCUT2D eigenvalue weighted by molar-refractivity contribution is -0.172. The van der Waals surface area contributed by atoms with E-state index in [2.05, 4.69) is 38.1 Å². The smallest absolute Gasteiger partial charge is 0.170 e. The lowest BCUT2D eigenvalue weighted by Crippen LogP contribution is -2.38. The third-order valence-corrected chi connectivity index (χ3v) is 13.0. The van der Waals surface area contributed by atoms with Gasteiger partial charge < -0.3 is 0 Å². The van der Waals surface area contributed by atoms with Crippen LogP contribution in [0, 0.1) is 0 Å². The van der Waals surface area contributed by atoms with Gasteiger partial charge in [0.25, 0.3) is 0 Å². The number of rotatable bonds is 4. The van der Waals surface area contributed by atoms with E-state index in [1.807, 2.05) is 36.4 Å². The Labute approximate surface area is 305 Å². The summed E-state index contributed by atoms with van der Waals surface area (Å²) in [5.41, 5.74) is 6.33. The molecule has 0 aromatic heterocycles. The van der Waals surface area contributed by atoms with Gasteiger partial charge in [-0.3, -0.25) is 0 Å². The molecule has 0 N–H and O–H groups in total. The van der Waals surface area contributed by atoms with Crippen LogP contribution in [0.4, 0.5) is 26.3 Å². The molecule has 53 heavy (non-hydrogen) atoms. The van der Waals surface area contributed by atoms with Gasteiger partial charge in [-0.05, 0) is 140 Å². The molecule has 6 aromatic rings. The maximum atomic E-state index is 14.9. The minimum Gasteiger partial charge on any atom is -0.170 e. The molecule has 3 aliphatic carbocycles. The fraction of sp³-hybridized carbons (Fsp3) is 0.234. The minimum absolute atomic E-state index is 0.258. The normalized spacial score (nSPS) is 20.3. The van der Waals surface area contributed by atoms with Gasteiger partial charge in [-0.2, -0.15) is 26.3 Å². The number of benzene rings is 6. The maximum absolute atomic E-state index is 14.9. The zero-order valence-corrected chi connectivity index (χ0v) is 29.7. The summed E-state index contributed by atoms with van der Waals surface area (Å²) < 4.78 is 89.3. The van der Waals surface area contributed by atoms with Crippen molar-refractivity contribution in [1.29, 1.82) is 0 Å². The van der Waals surface area contributed by atoms with E-state index >= 15 is 0 Å². The summed E-state index contributed by atoms with van der Waals surface area (Å²) in [7, 11) is 0. The standard InChI is InChI=1S/C47H36F6/c1-5-45(6-2)41-25-29(27-15-19-33-31-11-7-9-13-37(31)43(3,39(33)23-27)46(48,49)50)17-21-35(41)36-22-18-30(26-42(36)45)28-16-20-34-32-12-8-10-14-38(32)44(4,40(34)24-28)47(51,52)53/h7-26H,5-6H2,1-4H3. The lowest BCUT2D eigenvalue weighted by Gasteiger charge is -2.31. The lowest BCUT2D eigenvalue weighted by atomic mass is 9.73. The molecule has 0 heterocycles. The molecule has 2 atom stereocenters. The van der Waals surface area contributed by atoms with Gasteiger partial charge in [0.05, 0.1) is 0 Å². The maximum Gasteiger partial charge on any atom is 0.402 e. The molecule has 9 rings (SSSR count). The van der Waals surface area contributed by atoms with Crippen molar-refractivity contribution < 1.29 is 26.3 Å². The number of hydrogen-bond donors (Lipinski definition) is 0. The van der Waals surface area contributed by atoms with E-state index in [0.29, 0.717) is 22.3 Å². The largest absolute Gasteiger partial charge is 0.402 e. The predicted octanol–water partition coefficient (Wildman–Crippen LogP) is 13.8. The highest BCUT2D eigenvalue weighted by Gasteiger charge is 2.59. The first kappa shape index (κ1) is 33.7. The molecule has 0 saturated heterocycles. The van der Waals surface area contributed by atoms with Crippen LogP contribution in [-0.4, -0.2) is 12.4 Å². The van der Waals surface area contributed by atoms with Crippen molar-refractivity contribution in [3.8, 4) is 55.6 Å². The van der Waals surface area contributed by atoms with Crippen LogP contribution in [0.5, 0.6) is 0 Å². The quantitative estimate of drug-likeness (QED) is 0.160. The van der Waals surface area contributed by atoms with E-state index in [9.17, 15) is 26.3 Å². The molecule has 0 spiro atoms. The first-order valence-corrected chi connectivity index (χ1v) is 18.1. The number of halogens is 6. The van der Waals surface area contributed by atoms with Crippen LogP contribution in [0.25, 0.3) is 55.6 Å². The second-order valence-electron chi connectivity index (χ2n) is 15.2. The van der Waals surface area contributed by atoms with Crippen molar-refractivity contribution in [2.24, 2.45) is 0 Å². The number of hydrogen-bond acceptors (Lipinski definition) is 0. The van der Waals surface area contributed by atoms with Crippen molar-refractivity contribution in [3.05, 3.63) is 155 Å². The Morgan fingerprint density at radius 1 is 0.377 bits per heavy atom. The second kappa shape index (κ2) is 11.0. The van der Waals surface area contributed by atoms with Crippen LogP contribution >= 0.6 is 0 Å². The molecule has 0 nitrogen and oxygen atoms in total. The summed E-state index contributed by atoms with van der Waals surface area (Å²) in [5, 5.41) is 0. The minimum atomic E-state index is -4.49. The van der Waals surface area contributed by atoms with Crippen LogP contribution in [0.3, 0.4) is 0 Å². The third-order valence-electron chi connectivity index (χ3n) is 13.0. The van der Waals surface area contributed by atoms with Gasteiger partial charge >= 0.3 is 12.4 Å². The molecular weight excluding hydrogens is 679 g/mol. The van der Waals surface area contributed by atoms with Crippen LogP contribution < -0.4 is 0 Å². The van der Waals surface area contributed by atoms with Crippen LogP contribution in [0.2, 0.25) is 0 Å².